The van der Waals surface area contributed by atoms with Crippen LogP contribution in [0.1, 0.15) is 22.7 Å². The van der Waals surface area contributed by atoms with Crippen molar-refractivity contribution in [1.29, 1.82) is 0 Å². The summed E-state index contributed by atoms with van der Waals surface area (Å²) in [5.41, 5.74) is 3.80. The minimum absolute atomic E-state index is 0.216. The molecule has 0 unspecified atom stereocenters. The summed E-state index contributed by atoms with van der Waals surface area (Å²) >= 11 is 0. The zero-order valence-corrected chi connectivity index (χ0v) is 22.0. The van der Waals surface area contributed by atoms with Crippen molar-refractivity contribution in [2.45, 2.75) is 20.1 Å². The minimum atomic E-state index is -1.05. The Hall–Kier alpha value is -5.31. The van der Waals surface area contributed by atoms with Crippen LogP contribution in [0.5, 0.6) is 17.4 Å². The number of rotatable bonds is 11. The van der Waals surface area contributed by atoms with Crippen molar-refractivity contribution < 1.29 is 28.5 Å². The van der Waals surface area contributed by atoms with E-state index in [1.807, 2.05) is 85.8 Å². The van der Waals surface area contributed by atoms with Crippen LogP contribution in [0, 0.1) is 6.92 Å². The van der Waals surface area contributed by atoms with Crippen LogP contribution >= 0.6 is 0 Å². The normalized spacial score (nSPS) is 11.1. The Morgan fingerprint density at radius 2 is 1.70 bits per heavy atom. The van der Waals surface area contributed by atoms with E-state index in [9.17, 15) is 4.79 Å². The summed E-state index contributed by atoms with van der Waals surface area (Å²) in [5.74, 6) is 1.65. The molecule has 2 heterocycles. The maximum Gasteiger partial charge on any atom is 0.328 e. The lowest BCUT2D eigenvalue weighted by molar-refractivity contribution is -0.131. The molecular formula is C31H27N3O6. The molecule has 0 saturated carbocycles. The number of carboxylic acids is 1. The number of carboxylic acid groups (broad SMARTS) is 1. The number of nitrogens with zero attached hydrogens (tertiary/aromatic N) is 3. The van der Waals surface area contributed by atoms with Crippen molar-refractivity contribution in [3.05, 3.63) is 114 Å². The van der Waals surface area contributed by atoms with E-state index < -0.39 is 5.97 Å². The van der Waals surface area contributed by atoms with Crippen molar-refractivity contribution >= 4 is 12.0 Å². The Balaban J connectivity index is 1.27. The molecule has 0 atom stereocenters. The third-order valence-corrected chi connectivity index (χ3v) is 6.00. The van der Waals surface area contributed by atoms with Gasteiger partial charge in [-0.15, -0.1) is 5.10 Å². The topological polar surface area (TPSA) is 109 Å². The molecule has 0 amide bonds. The van der Waals surface area contributed by atoms with Crippen LogP contribution in [0.15, 0.2) is 95.4 Å². The highest BCUT2D eigenvalue weighted by molar-refractivity contribution is 5.85. The first-order valence-corrected chi connectivity index (χ1v) is 12.5. The van der Waals surface area contributed by atoms with Crippen LogP contribution in [0.3, 0.4) is 0 Å². The first-order valence-electron chi connectivity index (χ1n) is 12.5. The first kappa shape index (κ1) is 26.3. The number of carbonyl (C=O) groups is 1. The lowest BCUT2D eigenvalue weighted by atomic mass is 10.2. The van der Waals surface area contributed by atoms with Gasteiger partial charge >= 0.3 is 5.97 Å². The van der Waals surface area contributed by atoms with Crippen LogP contribution in [-0.2, 0) is 18.0 Å². The van der Waals surface area contributed by atoms with Crippen LogP contribution in [0.2, 0.25) is 0 Å². The van der Waals surface area contributed by atoms with Gasteiger partial charge in [0.05, 0.1) is 18.5 Å². The zero-order valence-electron chi connectivity index (χ0n) is 22.0. The molecule has 40 heavy (non-hydrogen) atoms. The zero-order chi connectivity index (χ0) is 27.9. The summed E-state index contributed by atoms with van der Waals surface area (Å²) in [7, 11) is 1.57. The number of benzene rings is 3. The van der Waals surface area contributed by atoms with E-state index >= 15 is 0 Å². The molecular weight excluding hydrogens is 510 g/mol. The molecule has 0 bridgehead atoms. The van der Waals surface area contributed by atoms with Crippen molar-refractivity contribution in [3.63, 3.8) is 0 Å². The predicted molar refractivity (Wildman–Crippen MR) is 149 cm³/mol. The predicted octanol–water partition coefficient (Wildman–Crippen LogP) is 6.10. The summed E-state index contributed by atoms with van der Waals surface area (Å²) < 4.78 is 25.0. The maximum atomic E-state index is 11.1. The number of hydrogen-bond acceptors (Lipinski definition) is 7. The second kappa shape index (κ2) is 12.0. The molecule has 0 aliphatic rings. The first-order chi connectivity index (χ1) is 19.5. The SMILES string of the molecule is COc1cc(COc2cc(/C=C/C(=O)O)n(-c3ccccc3)n2)ccc1OCc1nc(-c2ccccc2)oc1C. The molecule has 5 aromatic rings. The lowest BCUT2D eigenvalue weighted by Gasteiger charge is -2.12. The number of oxazole rings is 1. The molecule has 0 aliphatic heterocycles. The van der Waals surface area contributed by atoms with E-state index in [-0.39, 0.29) is 13.2 Å². The van der Waals surface area contributed by atoms with Crippen molar-refractivity contribution in [1.82, 2.24) is 14.8 Å². The molecule has 0 spiro atoms. The molecule has 9 nitrogen and oxygen atoms in total. The fourth-order valence-electron chi connectivity index (χ4n) is 3.99. The third-order valence-electron chi connectivity index (χ3n) is 6.00. The van der Waals surface area contributed by atoms with Crippen molar-refractivity contribution in [2.75, 3.05) is 7.11 Å². The van der Waals surface area contributed by atoms with Crippen LogP contribution in [-0.4, -0.2) is 33.0 Å². The standard InChI is InChI=1S/C31H27N3O6/c1-21-26(32-31(40-21)23-9-5-3-6-10-23)20-38-27-15-13-22(17-28(27)37-2)19-39-29-18-25(14-16-30(35)36)34(33-29)24-11-7-4-8-12-24/h3-18H,19-20H2,1-2H3,(H,35,36)/b16-14+. The van der Waals surface area contributed by atoms with Crippen molar-refractivity contribution in [2.24, 2.45) is 0 Å². The fourth-order valence-corrected chi connectivity index (χ4v) is 3.99. The van der Waals surface area contributed by atoms with E-state index in [1.165, 1.54) is 6.08 Å². The van der Waals surface area contributed by atoms with Crippen LogP contribution < -0.4 is 14.2 Å². The second-order valence-corrected chi connectivity index (χ2v) is 8.78. The number of ether oxygens (including phenoxy) is 3. The summed E-state index contributed by atoms with van der Waals surface area (Å²) in [6.45, 7) is 2.29. The number of aryl methyl sites for hydroxylation is 1. The minimum Gasteiger partial charge on any atom is -0.493 e. The monoisotopic (exact) mass is 537 g/mol. The summed E-state index contributed by atoms with van der Waals surface area (Å²) in [4.78, 5) is 15.6. The Bertz CT molecular complexity index is 1620. The van der Waals surface area contributed by atoms with Gasteiger partial charge in [0.25, 0.3) is 0 Å². The van der Waals surface area contributed by atoms with Gasteiger partial charge in [-0.2, -0.15) is 0 Å². The number of aliphatic carboxylic acids is 1. The van der Waals surface area contributed by atoms with Crippen LogP contribution in [0.25, 0.3) is 23.2 Å². The van der Waals surface area contributed by atoms with Gasteiger partial charge in [0.2, 0.25) is 11.8 Å². The van der Waals surface area contributed by atoms with Gasteiger partial charge in [-0.3, -0.25) is 0 Å². The molecule has 3 aromatic carbocycles. The fraction of sp³-hybridized carbons (Fsp3) is 0.129. The smallest absolute Gasteiger partial charge is 0.328 e. The quantitative estimate of drug-likeness (QED) is 0.201. The van der Waals surface area contributed by atoms with Gasteiger partial charge in [-0.1, -0.05) is 42.5 Å². The lowest BCUT2D eigenvalue weighted by Crippen LogP contribution is -2.02. The Morgan fingerprint density at radius 1 is 0.950 bits per heavy atom. The average Bonchev–Trinajstić information content (AvgIpc) is 3.58. The molecule has 2 aromatic heterocycles. The van der Waals surface area contributed by atoms with Gasteiger partial charge in [0.15, 0.2) is 11.5 Å². The van der Waals surface area contributed by atoms with Gasteiger partial charge in [-0.05, 0) is 55.0 Å². The second-order valence-electron chi connectivity index (χ2n) is 8.78. The van der Waals surface area contributed by atoms with Gasteiger partial charge < -0.3 is 23.7 Å². The molecule has 0 aliphatic carbocycles. The molecule has 0 radical (unpaired) electrons. The summed E-state index contributed by atoms with van der Waals surface area (Å²) in [5, 5.41) is 13.6. The molecule has 202 valence electrons. The molecule has 0 saturated heterocycles. The highest BCUT2D eigenvalue weighted by atomic mass is 16.5. The van der Waals surface area contributed by atoms with Gasteiger partial charge in [0, 0.05) is 17.7 Å². The highest BCUT2D eigenvalue weighted by Gasteiger charge is 2.14. The Morgan fingerprint density at radius 3 is 2.42 bits per heavy atom. The van der Waals surface area contributed by atoms with Crippen molar-refractivity contribution in [3.8, 4) is 34.5 Å². The average molecular weight is 538 g/mol. The van der Waals surface area contributed by atoms with Crippen LogP contribution in [0.4, 0.5) is 0 Å². The molecule has 9 heteroatoms. The van der Waals surface area contributed by atoms with E-state index in [1.54, 1.807) is 17.9 Å². The van der Waals surface area contributed by atoms with E-state index in [4.69, 9.17) is 23.7 Å². The Labute approximate surface area is 230 Å². The number of hydrogen-bond donors (Lipinski definition) is 1. The van der Waals surface area contributed by atoms with Gasteiger partial charge in [0.1, 0.15) is 24.7 Å². The van der Waals surface area contributed by atoms with E-state index in [0.717, 1.165) is 22.9 Å². The molecule has 5 rings (SSSR count). The third kappa shape index (κ3) is 6.21. The number of para-hydroxylation sites is 1. The highest BCUT2D eigenvalue weighted by Crippen LogP contribution is 2.30. The van der Waals surface area contributed by atoms with E-state index in [0.29, 0.717) is 40.4 Å². The molecule has 0 fully saturated rings. The summed E-state index contributed by atoms with van der Waals surface area (Å²) in [6.07, 6.45) is 2.54. The van der Waals surface area contributed by atoms with E-state index in [2.05, 4.69) is 10.1 Å². The Kier molecular flexibility index (Phi) is 7.92. The summed E-state index contributed by atoms with van der Waals surface area (Å²) in [6, 6.07) is 26.3. The number of methoxy groups -OCH3 is 1. The molecule has 1 N–H and O–H groups in total. The largest absolute Gasteiger partial charge is 0.493 e. The van der Waals surface area contributed by atoms with Gasteiger partial charge in [-0.25, -0.2) is 14.5 Å². The maximum absolute atomic E-state index is 11.1. The number of aromatic nitrogens is 3.